The third-order valence-corrected chi connectivity index (χ3v) is 7.08. The van der Waals surface area contributed by atoms with Crippen molar-refractivity contribution in [2.24, 2.45) is 0 Å². The average molecular weight is 560 g/mol. The van der Waals surface area contributed by atoms with Crippen LogP contribution < -0.4 is 9.64 Å². The fraction of sp³-hybridized carbons (Fsp3) is 0.393. The van der Waals surface area contributed by atoms with E-state index >= 15 is 4.39 Å². The van der Waals surface area contributed by atoms with Crippen LogP contribution >= 0.6 is 11.6 Å². The van der Waals surface area contributed by atoms with Gasteiger partial charge in [-0.2, -0.15) is 9.97 Å². The lowest BCUT2D eigenvalue weighted by atomic mass is 10.0. The molecule has 1 saturated heterocycles. The van der Waals surface area contributed by atoms with E-state index < -0.39 is 17.4 Å². The predicted molar refractivity (Wildman–Crippen MR) is 148 cm³/mol. The summed E-state index contributed by atoms with van der Waals surface area (Å²) in [5.74, 6) is -1.96. The number of carbonyl (C=O) groups excluding carboxylic acids is 1. The molecule has 1 aliphatic rings. The molecule has 1 amide bonds. The van der Waals surface area contributed by atoms with E-state index in [1.165, 1.54) is 24.3 Å². The van der Waals surface area contributed by atoms with E-state index in [0.29, 0.717) is 37.3 Å². The summed E-state index contributed by atoms with van der Waals surface area (Å²) in [5, 5.41) is 10.5. The van der Waals surface area contributed by atoms with Crippen molar-refractivity contribution in [3.05, 3.63) is 53.6 Å². The van der Waals surface area contributed by atoms with Gasteiger partial charge in [-0.3, -0.25) is 4.79 Å². The molecular weight excluding hydrogens is 528 g/mol. The number of phenols is 1. The van der Waals surface area contributed by atoms with Crippen molar-refractivity contribution < 1.29 is 23.4 Å². The van der Waals surface area contributed by atoms with Crippen LogP contribution in [0.3, 0.4) is 0 Å². The van der Waals surface area contributed by atoms with Gasteiger partial charge in [0.2, 0.25) is 5.91 Å². The van der Waals surface area contributed by atoms with Crippen LogP contribution in [0, 0.1) is 11.6 Å². The number of aromatic hydroxyl groups is 1. The maximum absolute atomic E-state index is 16.2. The van der Waals surface area contributed by atoms with Crippen molar-refractivity contribution in [2.75, 3.05) is 45.2 Å². The van der Waals surface area contributed by atoms with Gasteiger partial charge >= 0.3 is 6.01 Å². The lowest BCUT2D eigenvalue weighted by Crippen LogP contribution is -2.58. The molecule has 39 heavy (non-hydrogen) atoms. The van der Waals surface area contributed by atoms with Gasteiger partial charge in [0.1, 0.15) is 22.9 Å². The number of halogens is 3. The molecule has 0 spiro atoms. The van der Waals surface area contributed by atoms with Crippen molar-refractivity contribution in [3.63, 3.8) is 0 Å². The van der Waals surface area contributed by atoms with Gasteiger partial charge in [0, 0.05) is 42.7 Å². The minimum atomic E-state index is -0.902. The lowest BCUT2D eigenvalue weighted by Gasteiger charge is -2.44. The highest BCUT2D eigenvalue weighted by Crippen LogP contribution is 2.43. The highest BCUT2D eigenvalue weighted by Gasteiger charge is 2.34. The van der Waals surface area contributed by atoms with Gasteiger partial charge in [-0.15, -0.1) is 0 Å². The first kappa shape index (κ1) is 28.5. The molecule has 11 heteroatoms. The second-order valence-electron chi connectivity index (χ2n) is 9.96. The number of anilines is 1. The van der Waals surface area contributed by atoms with Crippen LogP contribution in [0.5, 0.6) is 11.8 Å². The number of amides is 1. The van der Waals surface area contributed by atoms with Gasteiger partial charge in [0.25, 0.3) is 0 Å². The Bertz CT molecular complexity index is 1380. The number of phenolic OH excluding ortho intramolecular Hbond substituents is 1. The fourth-order valence-electron chi connectivity index (χ4n) is 4.82. The van der Waals surface area contributed by atoms with Crippen LogP contribution in [0.25, 0.3) is 22.0 Å². The van der Waals surface area contributed by atoms with Gasteiger partial charge in [-0.1, -0.05) is 24.2 Å². The molecule has 0 unspecified atom stereocenters. The van der Waals surface area contributed by atoms with E-state index in [1.807, 2.05) is 37.7 Å². The molecule has 0 bridgehead atoms. The number of ether oxygens (including phenoxy) is 1. The lowest BCUT2D eigenvalue weighted by molar-refractivity contribution is -0.128. The molecule has 1 aromatic heterocycles. The van der Waals surface area contributed by atoms with Crippen molar-refractivity contribution in [2.45, 2.75) is 32.4 Å². The topological polar surface area (TPSA) is 82.0 Å². The summed E-state index contributed by atoms with van der Waals surface area (Å²) in [6.45, 7) is 9.31. The third kappa shape index (κ3) is 5.77. The van der Waals surface area contributed by atoms with Crippen LogP contribution in [0.2, 0.25) is 5.02 Å². The Morgan fingerprint density at radius 3 is 2.64 bits per heavy atom. The quantitative estimate of drug-likeness (QED) is 0.311. The van der Waals surface area contributed by atoms with E-state index in [2.05, 4.69) is 16.5 Å². The number of benzene rings is 2. The zero-order valence-corrected chi connectivity index (χ0v) is 23.2. The predicted octanol–water partition coefficient (Wildman–Crippen LogP) is 4.88. The number of fused-ring (bicyclic) bond motifs is 1. The van der Waals surface area contributed by atoms with Gasteiger partial charge in [-0.05, 0) is 58.6 Å². The van der Waals surface area contributed by atoms with E-state index in [0.717, 1.165) is 12.6 Å². The average Bonchev–Trinajstić information content (AvgIpc) is 2.88. The zero-order valence-electron chi connectivity index (χ0n) is 22.4. The Hall–Kier alpha value is -3.50. The monoisotopic (exact) mass is 559 g/mol. The van der Waals surface area contributed by atoms with Crippen LogP contribution in [0.1, 0.15) is 20.3 Å². The second kappa shape index (κ2) is 11.7. The summed E-state index contributed by atoms with van der Waals surface area (Å²) in [5.41, 5.74) is -0.769. The molecule has 0 radical (unpaired) electrons. The first-order valence-corrected chi connectivity index (χ1v) is 13.1. The van der Waals surface area contributed by atoms with Crippen molar-refractivity contribution in [3.8, 4) is 22.9 Å². The van der Waals surface area contributed by atoms with Crippen molar-refractivity contribution >= 4 is 34.2 Å². The number of rotatable bonds is 8. The van der Waals surface area contributed by atoms with Crippen LogP contribution in [-0.4, -0.2) is 83.2 Å². The van der Waals surface area contributed by atoms with Crippen molar-refractivity contribution in [1.29, 1.82) is 0 Å². The molecule has 2 atom stereocenters. The summed E-state index contributed by atoms with van der Waals surface area (Å²) in [7, 11) is 3.89. The van der Waals surface area contributed by atoms with Gasteiger partial charge in [-0.25, -0.2) is 8.78 Å². The first-order chi connectivity index (χ1) is 18.5. The summed E-state index contributed by atoms with van der Waals surface area (Å²) in [4.78, 5) is 27.1. The number of aromatic nitrogens is 2. The zero-order chi connectivity index (χ0) is 28.4. The Balaban J connectivity index is 1.86. The SMILES string of the molecule is C=CC(=O)N1C[C@H](C)N(c2nc(OCCCN(C)C)nc3c(F)c(-c4c(O)cccc4F)c(Cl)cc23)C[C@H]1C. The van der Waals surface area contributed by atoms with Crippen LogP contribution in [0.4, 0.5) is 14.6 Å². The number of nitrogens with zero attached hydrogens (tertiary/aromatic N) is 5. The van der Waals surface area contributed by atoms with Gasteiger partial charge in [0.05, 0.1) is 17.2 Å². The summed E-state index contributed by atoms with van der Waals surface area (Å²) in [6, 6.07) is 4.76. The molecule has 8 nitrogen and oxygen atoms in total. The second-order valence-corrected chi connectivity index (χ2v) is 10.4. The Labute approximate surface area is 231 Å². The minimum absolute atomic E-state index is 0.0364. The number of hydrogen-bond acceptors (Lipinski definition) is 7. The normalized spacial score (nSPS) is 17.6. The maximum Gasteiger partial charge on any atom is 0.319 e. The third-order valence-electron chi connectivity index (χ3n) is 6.78. The molecule has 1 fully saturated rings. The molecule has 2 heterocycles. The molecule has 0 saturated carbocycles. The molecule has 1 aliphatic heterocycles. The number of carbonyl (C=O) groups is 1. The molecule has 4 rings (SSSR count). The van der Waals surface area contributed by atoms with E-state index in [9.17, 15) is 14.3 Å². The molecular formula is C28H32ClF2N5O3. The van der Waals surface area contributed by atoms with Gasteiger partial charge < -0.3 is 24.5 Å². The van der Waals surface area contributed by atoms with Crippen LogP contribution in [-0.2, 0) is 4.79 Å². The number of hydrogen-bond donors (Lipinski definition) is 1. The summed E-state index contributed by atoms with van der Waals surface area (Å²) >= 11 is 6.53. The van der Waals surface area contributed by atoms with E-state index in [-0.39, 0.29) is 45.7 Å². The summed E-state index contributed by atoms with van der Waals surface area (Å²) in [6.07, 6.45) is 1.98. The molecule has 1 N–H and O–H groups in total. The minimum Gasteiger partial charge on any atom is -0.507 e. The first-order valence-electron chi connectivity index (χ1n) is 12.7. The highest BCUT2D eigenvalue weighted by molar-refractivity contribution is 6.34. The standard InChI is InChI=1S/C28H32ClF2N5O3/c1-6-22(38)35-14-17(3)36(15-16(35)2)27-18-13-19(29)23(24-20(30)9-7-10-21(24)37)25(31)26(18)32-28(33-27)39-12-8-11-34(4)5/h6-7,9-10,13,16-17,37H,1,8,11-12,14-15H2,2-5H3/t16-,17+/m1/s1. The van der Waals surface area contributed by atoms with Crippen LogP contribution in [0.15, 0.2) is 36.9 Å². The largest absolute Gasteiger partial charge is 0.507 e. The van der Waals surface area contributed by atoms with E-state index in [1.54, 1.807) is 4.90 Å². The Morgan fingerprint density at radius 2 is 1.97 bits per heavy atom. The fourth-order valence-corrected chi connectivity index (χ4v) is 5.11. The highest BCUT2D eigenvalue weighted by atomic mass is 35.5. The Kier molecular flexibility index (Phi) is 8.56. The molecule has 2 aromatic carbocycles. The molecule has 0 aliphatic carbocycles. The number of piperazine rings is 1. The maximum atomic E-state index is 16.2. The molecule has 3 aromatic rings. The van der Waals surface area contributed by atoms with E-state index in [4.69, 9.17) is 16.3 Å². The van der Waals surface area contributed by atoms with Gasteiger partial charge in [0.15, 0.2) is 5.82 Å². The van der Waals surface area contributed by atoms with Crippen molar-refractivity contribution in [1.82, 2.24) is 19.8 Å². The Morgan fingerprint density at radius 1 is 1.23 bits per heavy atom. The smallest absolute Gasteiger partial charge is 0.319 e. The summed E-state index contributed by atoms with van der Waals surface area (Å²) < 4.78 is 36.8. The molecule has 208 valence electrons.